The minimum atomic E-state index is -0.159. The Kier molecular flexibility index (Phi) is 7.16. The van der Waals surface area contributed by atoms with Gasteiger partial charge in [-0.15, -0.1) is 0 Å². The maximum atomic E-state index is 11.0. The van der Waals surface area contributed by atoms with Crippen LogP contribution in [-0.4, -0.2) is 61.9 Å². The fourth-order valence-electron chi connectivity index (χ4n) is 2.21. The van der Waals surface area contributed by atoms with Gasteiger partial charge in [-0.1, -0.05) is 0 Å². The van der Waals surface area contributed by atoms with Crippen LogP contribution in [0.1, 0.15) is 25.7 Å². The molecule has 2 N–H and O–H groups in total. The Morgan fingerprint density at radius 1 is 1.53 bits per heavy atom. The van der Waals surface area contributed by atoms with Gasteiger partial charge in [-0.05, 0) is 32.4 Å². The number of hydrogen-bond donors (Lipinski definition) is 2. The summed E-state index contributed by atoms with van der Waals surface area (Å²) in [5.41, 5.74) is 0. The normalized spacial score (nSPS) is 19.8. The van der Waals surface area contributed by atoms with Gasteiger partial charge in [0, 0.05) is 25.6 Å². The molecule has 5 heteroatoms. The van der Waals surface area contributed by atoms with E-state index in [1.54, 1.807) is 0 Å². The van der Waals surface area contributed by atoms with Crippen LogP contribution in [-0.2, 0) is 9.53 Å². The second-order valence-electron chi connectivity index (χ2n) is 4.50. The van der Waals surface area contributed by atoms with Crippen molar-refractivity contribution >= 4 is 5.97 Å². The monoisotopic (exact) mass is 244 g/mol. The first kappa shape index (κ1) is 14.4. The highest BCUT2D eigenvalue weighted by Crippen LogP contribution is 2.07. The number of hydrogen-bond acceptors (Lipinski definition) is 5. The van der Waals surface area contributed by atoms with Crippen molar-refractivity contribution in [1.82, 2.24) is 10.2 Å². The summed E-state index contributed by atoms with van der Waals surface area (Å²) in [5.74, 6) is -0.159. The molecular weight excluding hydrogens is 220 g/mol. The maximum absolute atomic E-state index is 11.0. The molecule has 1 aliphatic rings. The fraction of sp³-hybridized carbons (Fsp3) is 0.917. The number of ether oxygens (including phenoxy) is 1. The minimum absolute atomic E-state index is 0.159. The summed E-state index contributed by atoms with van der Waals surface area (Å²) in [5, 5.41) is 12.5. The van der Waals surface area contributed by atoms with Crippen LogP contribution in [0, 0.1) is 0 Å². The van der Waals surface area contributed by atoms with Crippen molar-refractivity contribution < 1.29 is 14.6 Å². The third-order valence-electron chi connectivity index (χ3n) is 3.14. The SMILES string of the molecule is COC(=O)CCCN(CCO)CC1CCCN1. The first-order valence-corrected chi connectivity index (χ1v) is 6.39. The van der Waals surface area contributed by atoms with E-state index in [4.69, 9.17) is 5.11 Å². The van der Waals surface area contributed by atoms with Crippen LogP contribution in [0.3, 0.4) is 0 Å². The number of nitrogens with one attached hydrogen (secondary N) is 1. The highest BCUT2D eigenvalue weighted by atomic mass is 16.5. The van der Waals surface area contributed by atoms with Crippen molar-refractivity contribution in [3.8, 4) is 0 Å². The predicted octanol–water partition coefficient (Wildman–Crippen LogP) is -0.0141. The zero-order valence-corrected chi connectivity index (χ0v) is 10.7. The molecule has 0 amide bonds. The number of esters is 1. The van der Waals surface area contributed by atoms with Crippen molar-refractivity contribution in [2.24, 2.45) is 0 Å². The number of carbonyl (C=O) groups is 1. The van der Waals surface area contributed by atoms with Crippen LogP contribution in [0.5, 0.6) is 0 Å². The lowest BCUT2D eigenvalue weighted by atomic mass is 10.2. The molecule has 1 fully saturated rings. The molecule has 1 saturated heterocycles. The molecule has 1 aliphatic heterocycles. The van der Waals surface area contributed by atoms with Crippen LogP contribution >= 0.6 is 0 Å². The molecule has 0 radical (unpaired) electrons. The Bertz CT molecular complexity index is 218. The number of aliphatic hydroxyl groups excluding tert-OH is 1. The smallest absolute Gasteiger partial charge is 0.305 e. The zero-order chi connectivity index (χ0) is 12.5. The first-order chi connectivity index (χ1) is 8.26. The molecule has 0 aromatic rings. The highest BCUT2D eigenvalue weighted by Gasteiger charge is 2.17. The largest absolute Gasteiger partial charge is 0.469 e. The van der Waals surface area contributed by atoms with Crippen molar-refractivity contribution in [2.45, 2.75) is 31.7 Å². The van der Waals surface area contributed by atoms with E-state index < -0.39 is 0 Å². The van der Waals surface area contributed by atoms with Crippen LogP contribution in [0.15, 0.2) is 0 Å². The summed E-state index contributed by atoms with van der Waals surface area (Å²) in [4.78, 5) is 13.2. The summed E-state index contributed by atoms with van der Waals surface area (Å²) in [6.45, 7) is 3.75. The van der Waals surface area contributed by atoms with Crippen molar-refractivity contribution in [1.29, 1.82) is 0 Å². The zero-order valence-electron chi connectivity index (χ0n) is 10.7. The van der Waals surface area contributed by atoms with Gasteiger partial charge in [-0.3, -0.25) is 9.69 Å². The second-order valence-corrected chi connectivity index (χ2v) is 4.50. The number of carbonyl (C=O) groups excluding carboxylic acids is 1. The standard InChI is InChI=1S/C12H24N2O3/c1-17-12(16)5-3-7-14(8-9-15)10-11-4-2-6-13-11/h11,13,15H,2-10H2,1H3. The number of rotatable bonds is 8. The Balaban J connectivity index is 2.19. The lowest BCUT2D eigenvalue weighted by Gasteiger charge is -2.24. The third kappa shape index (κ3) is 6.00. The van der Waals surface area contributed by atoms with E-state index in [1.807, 2.05) is 0 Å². The Morgan fingerprint density at radius 2 is 2.35 bits per heavy atom. The lowest BCUT2D eigenvalue weighted by Crippen LogP contribution is -2.39. The van der Waals surface area contributed by atoms with Gasteiger partial charge in [-0.25, -0.2) is 0 Å². The summed E-state index contributed by atoms with van der Waals surface area (Å²) in [6.07, 6.45) is 3.69. The first-order valence-electron chi connectivity index (χ1n) is 6.39. The number of aliphatic hydroxyl groups is 1. The van der Waals surface area contributed by atoms with E-state index in [0.29, 0.717) is 19.0 Å². The van der Waals surface area contributed by atoms with Crippen LogP contribution in [0.4, 0.5) is 0 Å². The molecule has 0 aromatic heterocycles. The third-order valence-corrected chi connectivity index (χ3v) is 3.14. The predicted molar refractivity (Wildman–Crippen MR) is 65.8 cm³/mol. The topological polar surface area (TPSA) is 61.8 Å². The van der Waals surface area contributed by atoms with Crippen LogP contribution in [0.2, 0.25) is 0 Å². The Labute approximate surface area is 103 Å². The lowest BCUT2D eigenvalue weighted by molar-refractivity contribution is -0.140. The molecule has 1 atom stereocenters. The molecule has 0 aromatic carbocycles. The molecule has 1 unspecified atom stereocenters. The quantitative estimate of drug-likeness (QED) is 0.588. The van der Waals surface area contributed by atoms with Gasteiger partial charge in [0.15, 0.2) is 0 Å². The molecule has 1 heterocycles. The molecule has 1 rings (SSSR count). The van der Waals surface area contributed by atoms with Gasteiger partial charge < -0.3 is 15.2 Å². The molecule has 0 spiro atoms. The van der Waals surface area contributed by atoms with E-state index in [9.17, 15) is 4.79 Å². The van der Waals surface area contributed by atoms with Gasteiger partial charge >= 0.3 is 5.97 Å². The van der Waals surface area contributed by atoms with E-state index >= 15 is 0 Å². The van der Waals surface area contributed by atoms with Gasteiger partial charge in [0.1, 0.15) is 0 Å². The average Bonchev–Trinajstić information content (AvgIpc) is 2.81. The molecule has 0 saturated carbocycles. The number of nitrogens with zero attached hydrogens (tertiary/aromatic N) is 1. The van der Waals surface area contributed by atoms with Gasteiger partial charge in [0.05, 0.1) is 13.7 Å². The Morgan fingerprint density at radius 3 is 2.94 bits per heavy atom. The van der Waals surface area contributed by atoms with Gasteiger partial charge in [0.2, 0.25) is 0 Å². The molecule has 17 heavy (non-hydrogen) atoms. The van der Waals surface area contributed by atoms with Crippen LogP contribution < -0.4 is 5.32 Å². The molecule has 0 aliphatic carbocycles. The molecular formula is C12H24N2O3. The molecule has 100 valence electrons. The number of methoxy groups -OCH3 is 1. The van der Waals surface area contributed by atoms with Crippen molar-refractivity contribution in [3.63, 3.8) is 0 Å². The average molecular weight is 244 g/mol. The summed E-state index contributed by atoms with van der Waals surface area (Å²) in [6, 6.07) is 0.541. The van der Waals surface area contributed by atoms with Crippen LogP contribution in [0.25, 0.3) is 0 Å². The van der Waals surface area contributed by atoms with Crippen molar-refractivity contribution in [3.05, 3.63) is 0 Å². The summed E-state index contributed by atoms with van der Waals surface area (Å²) >= 11 is 0. The summed E-state index contributed by atoms with van der Waals surface area (Å²) < 4.78 is 4.61. The van der Waals surface area contributed by atoms with E-state index in [0.717, 1.165) is 26.1 Å². The van der Waals surface area contributed by atoms with Gasteiger partial charge in [-0.2, -0.15) is 0 Å². The minimum Gasteiger partial charge on any atom is -0.469 e. The highest BCUT2D eigenvalue weighted by molar-refractivity contribution is 5.69. The van der Waals surface area contributed by atoms with E-state index in [2.05, 4.69) is 15.0 Å². The second kappa shape index (κ2) is 8.44. The maximum Gasteiger partial charge on any atom is 0.305 e. The van der Waals surface area contributed by atoms with Gasteiger partial charge in [0.25, 0.3) is 0 Å². The van der Waals surface area contributed by atoms with E-state index in [1.165, 1.54) is 20.0 Å². The fourth-order valence-corrected chi connectivity index (χ4v) is 2.21. The van der Waals surface area contributed by atoms with E-state index in [-0.39, 0.29) is 12.6 Å². The van der Waals surface area contributed by atoms with Crippen molar-refractivity contribution in [2.75, 3.05) is 39.9 Å². The molecule has 0 bridgehead atoms. The summed E-state index contributed by atoms with van der Waals surface area (Å²) in [7, 11) is 1.41. The Hall–Kier alpha value is -0.650. The molecule has 5 nitrogen and oxygen atoms in total.